The summed E-state index contributed by atoms with van der Waals surface area (Å²) < 4.78 is 16.9. The van der Waals surface area contributed by atoms with Crippen molar-refractivity contribution >= 4 is 17.9 Å². The summed E-state index contributed by atoms with van der Waals surface area (Å²) in [5.74, 6) is -0.948. The van der Waals surface area contributed by atoms with E-state index in [0.717, 1.165) is 148 Å². The van der Waals surface area contributed by atoms with E-state index in [1.807, 2.05) is 0 Å². The van der Waals surface area contributed by atoms with E-state index in [1.165, 1.54) is 103 Å². The van der Waals surface area contributed by atoms with E-state index in [-0.39, 0.29) is 31.1 Å². The highest BCUT2D eigenvalue weighted by Crippen LogP contribution is 2.15. The molecule has 0 aromatic heterocycles. The van der Waals surface area contributed by atoms with Gasteiger partial charge in [-0.1, -0.05) is 276 Å². The number of carbonyl (C=O) groups excluding carboxylic acids is 3. The molecule has 0 saturated carbocycles. The van der Waals surface area contributed by atoms with Crippen LogP contribution in [0.25, 0.3) is 0 Å². The third kappa shape index (κ3) is 66.0. The van der Waals surface area contributed by atoms with Gasteiger partial charge in [-0.05, 0) is 141 Å². The lowest BCUT2D eigenvalue weighted by atomic mass is 10.0. The maximum atomic E-state index is 12.9. The van der Waals surface area contributed by atoms with E-state index in [4.69, 9.17) is 14.2 Å². The van der Waals surface area contributed by atoms with Crippen molar-refractivity contribution in [3.8, 4) is 0 Å². The Balaban J connectivity index is 4.40. The third-order valence-corrected chi connectivity index (χ3v) is 13.8. The molecule has 1 unspecified atom stereocenters. The largest absolute Gasteiger partial charge is 0.462 e. The second-order valence-corrected chi connectivity index (χ2v) is 21.6. The second-order valence-electron chi connectivity index (χ2n) is 21.6. The molecule has 0 radical (unpaired) electrons. The van der Waals surface area contributed by atoms with Crippen LogP contribution >= 0.6 is 0 Å². The lowest BCUT2D eigenvalue weighted by molar-refractivity contribution is -0.167. The summed E-state index contributed by atoms with van der Waals surface area (Å²) in [5, 5.41) is 0. The van der Waals surface area contributed by atoms with Crippen LogP contribution in [0, 0.1) is 0 Å². The molecule has 458 valence electrons. The van der Waals surface area contributed by atoms with E-state index in [1.54, 1.807) is 0 Å². The molecule has 0 N–H and O–H groups in total. The van der Waals surface area contributed by atoms with Gasteiger partial charge in [-0.15, -0.1) is 0 Å². The van der Waals surface area contributed by atoms with Crippen LogP contribution in [0.15, 0.2) is 146 Å². The Morgan fingerprint density at radius 1 is 0.259 bits per heavy atom. The van der Waals surface area contributed by atoms with Gasteiger partial charge >= 0.3 is 17.9 Å². The minimum absolute atomic E-state index is 0.102. The number of allylic oxidation sites excluding steroid dienone is 24. The lowest BCUT2D eigenvalue weighted by Crippen LogP contribution is -2.30. The summed E-state index contributed by atoms with van der Waals surface area (Å²) in [6, 6.07) is 0. The molecule has 81 heavy (non-hydrogen) atoms. The van der Waals surface area contributed by atoms with E-state index in [0.29, 0.717) is 19.3 Å². The molecule has 0 aliphatic heterocycles. The summed E-state index contributed by atoms with van der Waals surface area (Å²) in [4.78, 5) is 38.4. The maximum absolute atomic E-state index is 12.9. The normalized spacial score (nSPS) is 13.1. The number of unbranched alkanes of at least 4 members (excludes halogenated alkanes) is 24. The first kappa shape index (κ1) is 76.3. The molecule has 0 aliphatic rings. The molecule has 0 aliphatic carbocycles. The van der Waals surface area contributed by atoms with Crippen LogP contribution in [0.4, 0.5) is 0 Å². The van der Waals surface area contributed by atoms with Crippen LogP contribution in [0.3, 0.4) is 0 Å². The van der Waals surface area contributed by atoms with Gasteiger partial charge < -0.3 is 14.2 Å². The van der Waals surface area contributed by atoms with Crippen molar-refractivity contribution < 1.29 is 28.6 Å². The highest BCUT2D eigenvalue weighted by molar-refractivity contribution is 5.71. The van der Waals surface area contributed by atoms with Crippen molar-refractivity contribution in [2.45, 2.75) is 297 Å². The minimum Gasteiger partial charge on any atom is -0.462 e. The molecule has 0 saturated heterocycles. The molecule has 6 nitrogen and oxygen atoms in total. The zero-order valence-electron chi connectivity index (χ0n) is 52.5. The van der Waals surface area contributed by atoms with Gasteiger partial charge in [-0.2, -0.15) is 0 Å². The van der Waals surface area contributed by atoms with Gasteiger partial charge in [0.05, 0.1) is 0 Å². The Labute approximate surface area is 499 Å². The first-order valence-electron chi connectivity index (χ1n) is 33.3. The fourth-order valence-electron chi connectivity index (χ4n) is 8.88. The number of hydrogen-bond donors (Lipinski definition) is 0. The van der Waals surface area contributed by atoms with Crippen molar-refractivity contribution in [1.82, 2.24) is 0 Å². The standard InChI is InChI=1S/C75H122O6/c1-4-7-10-13-16-19-22-25-27-29-31-33-35-37-39-41-43-45-47-50-53-56-59-62-65-68-74(77)80-71-72(70-79-73(76)67-64-61-58-55-52-49-24-21-18-15-12-9-6-3)81-75(78)69-66-63-60-57-54-51-48-46-44-42-40-38-36-34-32-30-28-26-23-20-17-14-11-8-5-2/h7,9-10,12,16,18-19,21,23,25-27,30-33,36-39,43,45,49,52,72H,4-6,8,11,13-15,17,20,22,24,28-29,34-35,40-42,44,46-48,50-51,53-71H2,1-3H3/b10-7-,12-9-,19-16-,21-18-,26-23-,27-25-,32-30-,33-31-,38-36-,39-37-,45-43-,52-49-. The molecule has 0 amide bonds. The first-order valence-corrected chi connectivity index (χ1v) is 33.3. The molecule has 1 atom stereocenters. The van der Waals surface area contributed by atoms with E-state index >= 15 is 0 Å². The molecule has 0 fully saturated rings. The second kappa shape index (κ2) is 67.8. The number of hydrogen-bond acceptors (Lipinski definition) is 6. The van der Waals surface area contributed by atoms with Gasteiger partial charge in [0.1, 0.15) is 13.2 Å². The van der Waals surface area contributed by atoms with Gasteiger partial charge in [0, 0.05) is 19.3 Å². The van der Waals surface area contributed by atoms with Gasteiger partial charge in [0.2, 0.25) is 0 Å². The molecule has 0 heterocycles. The SMILES string of the molecule is CC/C=C\C/C=C\C/C=C\C/C=C\C/C=C\C/C=C\CCCCCCCCC(=O)OCC(COC(=O)CCCCC/C=C\C/C=C\C/C=C\CC)OC(=O)CCCCCCCCCCCC/C=C\C/C=C\C/C=C\CCCCCCC. The number of carbonyl (C=O) groups is 3. The fraction of sp³-hybridized carbons (Fsp3) is 0.640. The summed E-state index contributed by atoms with van der Waals surface area (Å²) in [6.07, 6.45) is 97.1. The molecular formula is C75H122O6. The summed E-state index contributed by atoms with van der Waals surface area (Å²) >= 11 is 0. The van der Waals surface area contributed by atoms with Crippen molar-refractivity contribution in [3.05, 3.63) is 146 Å². The predicted octanol–water partition coefficient (Wildman–Crippen LogP) is 23.1. The fourth-order valence-corrected chi connectivity index (χ4v) is 8.88. The lowest BCUT2D eigenvalue weighted by Gasteiger charge is -2.18. The quantitative estimate of drug-likeness (QED) is 0.0261. The Kier molecular flexibility index (Phi) is 63.9. The van der Waals surface area contributed by atoms with E-state index < -0.39 is 6.10 Å². The Hall–Kier alpha value is -4.71. The van der Waals surface area contributed by atoms with Crippen molar-refractivity contribution in [2.24, 2.45) is 0 Å². The summed E-state index contributed by atoms with van der Waals surface area (Å²) in [6.45, 7) is 6.37. The molecule has 0 bridgehead atoms. The van der Waals surface area contributed by atoms with Gasteiger partial charge in [0.15, 0.2) is 6.10 Å². The molecule has 0 rings (SSSR count). The van der Waals surface area contributed by atoms with Gasteiger partial charge in [-0.3, -0.25) is 14.4 Å². The molecule has 0 spiro atoms. The van der Waals surface area contributed by atoms with Crippen LogP contribution in [0.1, 0.15) is 290 Å². The predicted molar refractivity (Wildman–Crippen MR) is 352 cm³/mol. The molecule has 6 heteroatoms. The van der Waals surface area contributed by atoms with Crippen molar-refractivity contribution in [3.63, 3.8) is 0 Å². The van der Waals surface area contributed by atoms with Crippen LogP contribution in [-0.2, 0) is 28.6 Å². The van der Waals surface area contributed by atoms with Crippen LogP contribution in [0.2, 0.25) is 0 Å². The third-order valence-electron chi connectivity index (χ3n) is 13.8. The molecule has 0 aromatic rings. The van der Waals surface area contributed by atoms with Gasteiger partial charge in [0.25, 0.3) is 0 Å². The number of rotatable bonds is 59. The van der Waals surface area contributed by atoms with Crippen LogP contribution < -0.4 is 0 Å². The number of esters is 3. The highest BCUT2D eigenvalue weighted by atomic mass is 16.6. The van der Waals surface area contributed by atoms with Crippen LogP contribution in [0.5, 0.6) is 0 Å². The Morgan fingerprint density at radius 3 is 0.765 bits per heavy atom. The zero-order valence-corrected chi connectivity index (χ0v) is 52.5. The minimum atomic E-state index is -0.807. The van der Waals surface area contributed by atoms with E-state index in [2.05, 4.69) is 167 Å². The average Bonchev–Trinajstić information content (AvgIpc) is 3.46. The number of ether oxygens (including phenoxy) is 3. The smallest absolute Gasteiger partial charge is 0.306 e. The Morgan fingerprint density at radius 2 is 0.481 bits per heavy atom. The Bertz CT molecular complexity index is 1760. The maximum Gasteiger partial charge on any atom is 0.306 e. The first-order chi connectivity index (χ1) is 40.0. The molecular weight excluding hydrogens is 997 g/mol. The molecule has 0 aromatic carbocycles. The van der Waals surface area contributed by atoms with Crippen molar-refractivity contribution in [2.75, 3.05) is 13.2 Å². The average molecular weight is 1120 g/mol. The van der Waals surface area contributed by atoms with E-state index in [9.17, 15) is 14.4 Å². The van der Waals surface area contributed by atoms with Crippen molar-refractivity contribution in [1.29, 1.82) is 0 Å². The van der Waals surface area contributed by atoms with Gasteiger partial charge in [-0.25, -0.2) is 0 Å². The highest BCUT2D eigenvalue weighted by Gasteiger charge is 2.19. The topological polar surface area (TPSA) is 78.9 Å². The van der Waals surface area contributed by atoms with Crippen LogP contribution in [-0.4, -0.2) is 37.2 Å². The zero-order chi connectivity index (χ0) is 58.5. The monoisotopic (exact) mass is 1120 g/mol. The summed E-state index contributed by atoms with van der Waals surface area (Å²) in [5.41, 5.74) is 0. The summed E-state index contributed by atoms with van der Waals surface area (Å²) in [7, 11) is 0.